The molecule has 0 fully saturated rings. The SMILES string of the molecule is CCOC(=O)c1nn(C)c2c1CN(C(=O)NC(C)C)CC2. The Morgan fingerprint density at radius 2 is 2.14 bits per heavy atom. The highest BCUT2D eigenvalue weighted by Crippen LogP contribution is 2.22. The van der Waals surface area contributed by atoms with Crippen molar-refractivity contribution in [2.45, 2.75) is 39.8 Å². The second-order valence-corrected chi connectivity index (χ2v) is 5.39. The number of carbonyl (C=O) groups is 2. The maximum absolute atomic E-state index is 12.1. The van der Waals surface area contributed by atoms with Crippen LogP contribution < -0.4 is 5.32 Å². The molecule has 0 aromatic carbocycles. The van der Waals surface area contributed by atoms with E-state index in [4.69, 9.17) is 4.74 Å². The molecule has 1 N–H and O–H groups in total. The highest BCUT2D eigenvalue weighted by atomic mass is 16.5. The lowest BCUT2D eigenvalue weighted by atomic mass is 10.1. The normalized spacial score (nSPS) is 14.0. The molecule has 0 spiro atoms. The summed E-state index contributed by atoms with van der Waals surface area (Å²) in [5.41, 5.74) is 2.10. The largest absolute Gasteiger partial charge is 0.461 e. The number of aromatic nitrogens is 2. The highest BCUT2D eigenvalue weighted by molar-refractivity contribution is 5.89. The van der Waals surface area contributed by atoms with Gasteiger partial charge in [-0.1, -0.05) is 0 Å². The number of nitrogens with zero attached hydrogens (tertiary/aromatic N) is 3. The Morgan fingerprint density at radius 3 is 2.76 bits per heavy atom. The first-order valence-electron chi connectivity index (χ1n) is 7.21. The van der Waals surface area contributed by atoms with Crippen LogP contribution in [0.4, 0.5) is 4.79 Å². The van der Waals surface area contributed by atoms with Gasteiger partial charge in [0, 0.05) is 37.3 Å². The zero-order chi connectivity index (χ0) is 15.6. The van der Waals surface area contributed by atoms with Crippen molar-refractivity contribution in [1.29, 1.82) is 0 Å². The van der Waals surface area contributed by atoms with Crippen LogP contribution in [-0.4, -0.2) is 45.9 Å². The van der Waals surface area contributed by atoms with Crippen molar-refractivity contribution in [3.8, 4) is 0 Å². The molecule has 1 aliphatic rings. The molecule has 0 radical (unpaired) electrons. The number of rotatable bonds is 3. The van der Waals surface area contributed by atoms with E-state index >= 15 is 0 Å². The molecule has 1 aromatic heterocycles. The predicted octanol–water partition coefficient (Wildman–Crippen LogP) is 1.07. The lowest BCUT2D eigenvalue weighted by Gasteiger charge is -2.28. The zero-order valence-electron chi connectivity index (χ0n) is 13.0. The van der Waals surface area contributed by atoms with Crippen molar-refractivity contribution in [2.24, 2.45) is 7.05 Å². The number of hydrogen-bond donors (Lipinski definition) is 1. The van der Waals surface area contributed by atoms with E-state index in [1.165, 1.54) is 0 Å². The maximum atomic E-state index is 12.1. The van der Waals surface area contributed by atoms with Crippen LogP contribution in [0.25, 0.3) is 0 Å². The molecule has 21 heavy (non-hydrogen) atoms. The Bertz CT molecular complexity index is 551. The number of ether oxygens (including phenoxy) is 1. The number of nitrogens with one attached hydrogen (secondary N) is 1. The van der Waals surface area contributed by atoms with Crippen LogP contribution in [0.5, 0.6) is 0 Å². The third-order valence-electron chi connectivity index (χ3n) is 3.41. The first kappa shape index (κ1) is 15.3. The van der Waals surface area contributed by atoms with Crippen molar-refractivity contribution in [2.75, 3.05) is 13.2 Å². The van der Waals surface area contributed by atoms with E-state index < -0.39 is 5.97 Å². The van der Waals surface area contributed by atoms with E-state index in [-0.39, 0.29) is 12.1 Å². The molecule has 1 aliphatic heterocycles. The molecule has 0 atom stereocenters. The van der Waals surface area contributed by atoms with Crippen molar-refractivity contribution >= 4 is 12.0 Å². The first-order chi connectivity index (χ1) is 9.93. The number of esters is 1. The Labute approximate surface area is 124 Å². The Kier molecular flexibility index (Phi) is 4.50. The second kappa shape index (κ2) is 6.15. The number of urea groups is 1. The molecule has 1 aromatic rings. The van der Waals surface area contributed by atoms with E-state index in [0.717, 1.165) is 11.3 Å². The third kappa shape index (κ3) is 3.17. The molecule has 2 rings (SSSR count). The molecular formula is C14H22N4O3. The van der Waals surface area contributed by atoms with Gasteiger partial charge in [0.15, 0.2) is 5.69 Å². The van der Waals surface area contributed by atoms with Crippen LogP contribution in [0, 0.1) is 0 Å². The van der Waals surface area contributed by atoms with Gasteiger partial charge in [-0.15, -0.1) is 0 Å². The van der Waals surface area contributed by atoms with Gasteiger partial charge in [0.2, 0.25) is 0 Å². The monoisotopic (exact) mass is 294 g/mol. The van der Waals surface area contributed by atoms with Crippen LogP contribution >= 0.6 is 0 Å². The minimum atomic E-state index is -0.430. The van der Waals surface area contributed by atoms with Crippen LogP contribution in [0.1, 0.15) is 42.5 Å². The fourth-order valence-corrected chi connectivity index (χ4v) is 2.47. The Balaban J connectivity index is 2.22. The van der Waals surface area contributed by atoms with Crippen molar-refractivity contribution in [3.05, 3.63) is 17.0 Å². The van der Waals surface area contributed by atoms with E-state index in [2.05, 4.69) is 10.4 Å². The van der Waals surface area contributed by atoms with Crippen LogP contribution in [0.15, 0.2) is 0 Å². The summed E-state index contributed by atoms with van der Waals surface area (Å²) < 4.78 is 6.74. The minimum Gasteiger partial charge on any atom is -0.461 e. The Morgan fingerprint density at radius 1 is 1.43 bits per heavy atom. The molecule has 116 valence electrons. The Hall–Kier alpha value is -2.05. The van der Waals surface area contributed by atoms with Crippen molar-refractivity contribution < 1.29 is 14.3 Å². The topological polar surface area (TPSA) is 76.5 Å². The maximum Gasteiger partial charge on any atom is 0.359 e. The van der Waals surface area contributed by atoms with Gasteiger partial charge in [-0.25, -0.2) is 9.59 Å². The average Bonchev–Trinajstić information content (AvgIpc) is 2.75. The molecule has 2 heterocycles. The fraction of sp³-hybridized carbons (Fsp3) is 0.643. The highest BCUT2D eigenvalue weighted by Gasteiger charge is 2.29. The van der Waals surface area contributed by atoms with Crippen LogP contribution in [-0.2, 0) is 24.8 Å². The summed E-state index contributed by atoms with van der Waals surface area (Å²) in [6.45, 7) is 6.91. The second-order valence-electron chi connectivity index (χ2n) is 5.39. The van der Waals surface area contributed by atoms with Gasteiger partial charge in [0.05, 0.1) is 13.2 Å². The lowest BCUT2D eigenvalue weighted by molar-refractivity contribution is 0.0516. The summed E-state index contributed by atoms with van der Waals surface area (Å²) in [4.78, 5) is 25.8. The van der Waals surface area contributed by atoms with E-state index in [0.29, 0.717) is 31.8 Å². The molecule has 0 saturated carbocycles. The zero-order valence-corrected chi connectivity index (χ0v) is 13.0. The van der Waals surface area contributed by atoms with Crippen LogP contribution in [0.3, 0.4) is 0 Å². The first-order valence-corrected chi connectivity index (χ1v) is 7.21. The summed E-state index contributed by atoms with van der Waals surface area (Å²) in [5, 5.41) is 7.12. The number of amides is 2. The smallest absolute Gasteiger partial charge is 0.359 e. The minimum absolute atomic E-state index is 0.0809. The number of aryl methyl sites for hydroxylation is 1. The summed E-state index contributed by atoms with van der Waals surface area (Å²) in [7, 11) is 1.81. The summed E-state index contributed by atoms with van der Waals surface area (Å²) in [5.74, 6) is -0.430. The summed E-state index contributed by atoms with van der Waals surface area (Å²) in [6, 6.07) is -0.0355. The van der Waals surface area contributed by atoms with Gasteiger partial charge in [-0.3, -0.25) is 4.68 Å². The van der Waals surface area contributed by atoms with Gasteiger partial charge in [0.1, 0.15) is 0 Å². The molecule has 0 saturated heterocycles. The number of carbonyl (C=O) groups excluding carboxylic acids is 2. The predicted molar refractivity (Wildman–Crippen MR) is 76.9 cm³/mol. The molecule has 7 nitrogen and oxygen atoms in total. The summed E-state index contributed by atoms with van der Waals surface area (Å²) >= 11 is 0. The van der Waals surface area contributed by atoms with Gasteiger partial charge in [-0.2, -0.15) is 5.10 Å². The number of fused-ring (bicyclic) bond motifs is 1. The van der Waals surface area contributed by atoms with Crippen LogP contribution in [0.2, 0.25) is 0 Å². The molecule has 0 bridgehead atoms. The van der Waals surface area contributed by atoms with Gasteiger partial charge in [0.25, 0.3) is 0 Å². The molecule has 0 unspecified atom stereocenters. The van der Waals surface area contributed by atoms with E-state index in [1.54, 1.807) is 16.5 Å². The molecule has 0 aliphatic carbocycles. The molecule has 7 heteroatoms. The third-order valence-corrected chi connectivity index (χ3v) is 3.41. The average molecular weight is 294 g/mol. The van der Waals surface area contributed by atoms with Gasteiger partial charge >= 0.3 is 12.0 Å². The van der Waals surface area contributed by atoms with Crippen molar-refractivity contribution in [1.82, 2.24) is 20.0 Å². The molecule has 2 amide bonds. The van der Waals surface area contributed by atoms with Gasteiger partial charge in [-0.05, 0) is 20.8 Å². The summed E-state index contributed by atoms with van der Waals surface area (Å²) in [6.07, 6.45) is 0.684. The van der Waals surface area contributed by atoms with Gasteiger partial charge < -0.3 is 15.0 Å². The standard InChI is InChI=1S/C14H22N4O3/c1-5-21-13(19)12-10-8-18(14(20)15-9(2)3)7-6-11(10)17(4)16-12/h9H,5-8H2,1-4H3,(H,15,20). The fourth-order valence-electron chi connectivity index (χ4n) is 2.47. The van der Waals surface area contributed by atoms with E-state index in [9.17, 15) is 9.59 Å². The number of hydrogen-bond acceptors (Lipinski definition) is 4. The lowest BCUT2D eigenvalue weighted by Crippen LogP contribution is -2.45. The van der Waals surface area contributed by atoms with Crippen molar-refractivity contribution in [3.63, 3.8) is 0 Å². The quantitative estimate of drug-likeness (QED) is 0.846. The molecular weight excluding hydrogens is 272 g/mol. The van der Waals surface area contributed by atoms with E-state index in [1.807, 2.05) is 20.9 Å².